The zero-order valence-electron chi connectivity index (χ0n) is 8.86. The van der Waals surface area contributed by atoms with Crippen molar-refractivity contribution in [1.29, 1.82) is 0 Å². The molecule has 0 spiro atoms. The van der Waals surface area contributed by atoms with Crippen LogP contribution >= 0.6 is 0 Å². The first-order valence-corrected chi connectivity index (χ1v) is 4.98. The normalized spacial score (nSPS) is 11.4. The van der Waals surface area contributed by atoms with Crippen LogP contribution in [0, 0.1) is 12.8 Å². The lowest BCUT2D eigenvalue weighted by molar-refractivity contribution is 0.614. The maximum absolute atomic E-state index is 4.21. The van der Waals surface area contributed by atoms with E-state index in [4.69, 9.17) is 0 Å². The Balaban J connectivity index is 2.55. The zero-order chi connectivity index (χ0) is 10.1. The number of nitrogens with zero attached hydrogens (tertiary/aromatic N) is 3. The molecule has 0 unspecified atom stereocenters. The van der Waals surface area contributed by atoms with Crippen LogP contribution in [0.25, 0.3) is 5.65 Å². The fraction of sp³-hybridized carbons (Fsp3) is 0.455. The molecule has 3 nitrogen and oxygen atoms in total. The summed E-state index contributed by atoms with van der Waals surface area (Å²) in [5.41, 5.74) is 2.14. The molecule has 0 saturated heterocycles. The Bertz CT molecular complexity index is 443. The number of fused-ring (bicyclic) bond motifs is 1. The molecule has 0 N–H and O–H groups in total. The SMILES string of the molecule is Cc1cccc2nnc(CC(C)C)n12. The van der Waals surface area contributed by atoms with E-state index >= 15 is 0 Å². The minimum atomic E-state index is 0.613. The van der Waals surface area contributed by atoms with Crippen molar-refractivity contribution in [2.45, 2.75) is 27.2 Å². The Hall–Kier alpha value is -1.38. The number of aromatic nitrogens is 3. The minimum Gasteiger partial charge on any atom is -0.284 e. The van der Waals surface area contributed by atoms with Crippen molar-refractivity contribution in [2.24, 2.45) is 5.92 Å². The third kappa shape index (κ3) is 1.50. The summed E-state index contributed by atoms with van der Waals surface area (Å²) < 4.78 is 2.12. The molecular weight excluding hydrogens is 174 g/mol. The van der Waals surface area contributed by atoms with E-state index in [-0.39, 0.29) is 0 Å². The fourth-order valence-electron chi connectivity index (χ4n) is 1.67. The maximum atomic E-state index is 4.21. The van der Waals surface area contributed by atoms with Crippen LogP contribution in [-0.4, -0.2) is 14.6 Å². The Morgan fingerprint density at radius 3 is 2.79 bits per heavy atom. The van der Waals surface area contributed by atoms with Crippen LogP contribution in [0.2, 0.25) is 0 Å². The van der Waals surface area contributed by atoms with Crippen LogP contribution < -0.4 is 0 Å². The van der Waals surface area contributed by atoms with Gasteiger partial charge in [-0.3, -0.25) is 4.40 Å². The average Bonchev–Trinajstić information content (AvgIpc) is 2.49. The maximum Gasteiger partial charge on any atom is 0.160 e. The van der Waals surface area contributed by atoms with Gasteiger partial charge in [-0.1, -0.05) is 19.9 Å². The molecule has 0 fully saturated rings. The van der Waals surface area contributed by atoms with Gasteiger partial charge in [-0.05, 0) is 25.0 Å². The van der Waals surface area contributed by atoms with E-state index < -0.39 is 0 Å². The van der Waals surface area contributed by atoms with Crippen molar-refractivity contribution in [2.75, 3.05) is 0 Å². The molecule has 0 radical (unpaired) electrons. The van der Waals surface area contributed by atoms with E-state index in [1.165, 1.54) is 5.69 Å². The van der Waals surface area contributed by atoms with Gasteiger partial charge in [-0.2, -0.15) is 0 Å². The predicted molar refractivity (Wildman–Crippen MR) is 56.3 cm³/mol. The molecule has 14 heavy (non-hydrogen) atoms. The van der Waals surface area contributed by atoms with Gasteiger partial charge in [0, 0.05) is 12.1 Å². The van der Waals surface area contributed by atoms with Crippen LogP contribution in [0.15, 0.2) is 18.2 Å². The van der Waals surface area contributed by atoms with Gasteiger partial charge >= 0.3 is 0 Å². The summed E-state index contributed by atoms with van der Waals surface area (Å²) in [6.07, 6.45) is 0.978. The Labute approximate surface area is 83.8 Å². The molecule has 0 atom stereocenters. The summed E-state index contributed by atoms with van der Waals surface area (Å²) in [5, 5.41) is 8.35. The highest BCUT2D eigenvalue weighted by Gasteiger charge is 2.08. The smallest absolute Gasteiger partial charge is 0.160 e. The first kappa shape index (κ1) is 9.19. The summed E-state index contributed by atoms with van der Waals surface area (Å²) in [6.45, 7) is 6.47. The second-order valence-corrected chi connectivity index (χ2v) is 4.07. The molecule has 0 saturated carbocycles. The van der Waals surface area contributed by atoms with E-state index in [1.807, 2.05) is 12.1 Å². The highest BCUT2D eigenvalue weighted by atomic mass is 15.2. The lowest BCUT2D eigenvalue weighted by atomic mass is 10.1. The van der Waals surface area contributed by atoms with Crippen LogP contribution in [0.3, 0.4) is 0 Å². The van der Waals surface area contributed by atoms with Gasteiger partial charge in [0.25, 0.3) is 0 Å². The van der Waals surface area contributed by atoms with E-state index in [1.54, 1.807) is 0 Å². The van der Waals surface area contributed by atoms with Crippen LogP contribution in [0.1, 0.15) is 25.4 Å². The van der Waals surface area contributed by atoms with Crippen molar-refractivity contribution in [1.82, 2.24) is 14.6 Å². The van der Waals surface area contributed by atoms with Gasteiger partial charge in [0.1, 0.15) is 5.82 Å². The first-order chi connectivity index (χ1) is 6.68. The highest BCUT2D eigenvalue weighted by Crippen LogP contribution is 2.11. The largest absolute Gasteiger partial charge is 0.284 e. The predicted octanol–water partition coefficient (Wildman–Crippen LogP) is 2.24. The molecule has 2 aromatic heterocycles. The number of pyridine rings is 1. The molecule has 0 aliphatic carbocycles. The van der Waals surface area contributed by atoms with Gasteiger partial charge in [-0.15, -0.1) is 10.2 Å². The summed E-state index contributed by atoms with van der Waals surface area (Å²) >= 11 is 0. The van der Waals surface area contributed by atoms with Gasteiger partial charge in [-0.25, -0.2) is 0 Å². The zero-order valence-corrected chi connectivity index (χ0v) is 8.86. The second kappa shape index (κ2) is 3.40. The molecule has 0 amide bonds. The molecule has 3 heteroatoms. The lowest BCUT2D eigenvalue weighted by Gasteiger charge is -2.04. The molecule has 0 aromatic carbocycles. The van der Waals surface area contributed by atoms with Crippen LogP contribution in [-0.2, 0) is 6.42 Å². The standard InChI is InChI=1S/C11H15N3/c1-8(2)7-11-13-12-10-6-4-5-9(3)14(10)11/h4-6,8H,7H2,1-3H3. The first-order valence-electron chi connectivity index (χ1n) is 4.98. The van der Waals surface area contributed by atoms with Crippen LogP contribution in [0.4, 0.5) is 0 Å². The minimum absolute atomic E-state index is 0.613. The third-order valence-corrected chi connectivity index (χ3v) is 2.28. The third-order valence-electron chi connectivity index (χ3n) is 2.28. The van der Waals surface area contributed by atoms with Gasteiger partial charge in [0.05, 0.1) is 0 Å². The molecule has 74 valence electrons. The van der Waals surface area contributed by atoms with Gasteiger partial charge in [0.15, 0.2) is 5.65 Å². The molecule has 2 aromatic rings. The summed E-state index contributed by atoms with van der Waals surface area (Å²) in [7, 11) is 0. The summed E-state index contributed by atoms with van der Waals surface area (Å²) in [4.78, 5) is 0. The number of hydrogen-bond acceptors (Lipinski definition) is 2. The van der Waals surface area contributed by atoms with Crippen molar-refractivity contribution in [3.63, 3.8) is 0 Å². The molecular formula is C11H15N3. The Morgan fingerprint density at radius 2 is 2.07 bits per heavy atom. The Morgan fingerprint density at radius 1 is 1.29 bits per heavy atom. The van der Waals surface area contributed by atoms with E-state index in [9.17, 15) is 0 Å². The molecule has 2 rings (SSSR count). The summed E-state index contributed by atoms with van der Waals surface area (Å²) in [6, 6.07) is 6.09. The van der Waals surface area contributed by atoms with Gasteiger partial charge < -0.3 is 0 Å². The van der Waals surface area contributed by atoms with E-state index in [2.05, 4.69) is 41.4 Å². The lowest BCUT2D eigenvalue weighted by Crippen LogP contribution is -2.02. The van der Waals surface area contributed by atoms with Crippen molar-refractivity contribution >= 4 is 5.65 Å². The Kier molecular flexibility index (Phi) is 2.23. The second-order valence-electron chi connectivity index (χ2n) is 4.07. The molecule has 2 heterocycles. The number of aryl methyl sites for hydroxylation is 1. The average molecular weight is 189 g/mol. The number of hydrogen-bond donors (Lipinski definition) is 0. The summed E-state index contributed by atoms with van der Waals surface area (Å²) in [5.74, 6) is 1.68. The number of rotatable bonds is 2. The van der Waals surface area contributed by atoms with Crippen LogP contribution in [0.5, 0.6) is 0 Å². The molecule has 0 bridgehead atoms. The van der Waals surface area contributed by atoms with Crippen molar-refractivity contribution in [3.05, 3.63) is 29.7 Å². The highest BCUT2D eigenvalue weighted by molar-refractivity contribution is 5.39. The monoisotopic (exact) mass is 189 g/mol. The van der Waals surface area contributed by atoms with E-state index in [0.29, 0.717) is 5.92 Å². The van der Waals surface area contributed by atoms with Crippen molar-refractivity contribution in [3.8, 4) is 0 Å². The molecule has 0 aliphatic rings. The molecule has 0 aliphatic heterocycles. The fourth-order valence-corrected chi connectivity index (χ4v) is 1.67. The van der Waals surface area contributed by atoms with Crippen molar-refractivity contribution < 1.29 is 0 Å². The van der Waals surface area contributed by atoms with Gasteiger partial charge in [0.2, 0.25) is 0 Å². The topological polar surface area (TPSA) is 30.2 Å². The quantitative estimate of drug-likeness (QED) is 0.725. The van der Waals surface area contributed by atoms with E-state index in [0.717, 1.165) is 17.9 Å².